The molecule has 0 bridgehead atoms. The van der Waals surface area contributed by atoms with Crippen LogP contribution in [0.25, 0.3) is 22.2 Å². The van der Waals surface area contributed by atoms with Crippen LogP contribution in [0.4, 0.5) is 4.39 Å². The normalized spacial score (nSPS) is 10.8. The first-order valence-corrected chi connectivity index (χ1v) is 5.99. The monoisotopic (exact) mass is 272 g/mol. The first-order chi connectivity index (χ1) is 9.15. The van der Waals surface area contributed by atoms with Crippen LogP contribution in [0.5, 0.6) is 5.75 Å². The molecule has 0 aliphatic rings. The number of phenols is 1. The number of para-hydroxylation sites is 1. The van der Waals surface area contributed by atoms with Crippen molar-refractivity contribution in [3.63, 3.8) is 0 Å². The van der Waals surface area contributed by atoms with Gasteiger partial charge in [0.2, 0.25) is 0 Å². The Bertz CT molecular complexity index is 750. The fraction of sp³-hybridized carbons (Fsp3) is 0. The highest BCUT2D eigenvalue weighted by Crippen LogP contribution is 2.32. The predicted molar refractivity (Wildman–Crippen MR) is 72.6 cm³/mol. The zero-order valence-electron chi connectivity index (χ0n) is 9.69. The second-order valence-corrected chi connectivity index (χ2v) is 4.50. The number of aromatic nitrogens is 1. The molecule has 0 atom stereocenters. The number of hydrogen-bond donors (Lipinski definition) is 1. The number of rotatable bonds is 1. The van der Waals surface area contributed by atoms with E-state index in [4.69, 9.17) is 11.6 Å². The third-order valence-corrected chi connectivity index (χ3v) is 3.11. The van der Waals surface area contributed by atoms with Crippen LogP contribution in [0.3, 0.4) is 0 Å². The maximum absolute atomic E-state index is 13.5. The quantitative estimate of drug-likeness (QED) is 0.720. The fourth-order valence-corrected chi connectivity index (χ4v) is 2.07. The molecular weight excluding hydrogens is 265 g/mol. The second-order valence-electron chi connectivity index (χ2n) is 4.10. The van der Waals surface area contributed by atoms with Crippen LogP contribution in [0, 0.1) is 11.9 Å². The number of nitrogens with zero attached hydrogens (tertiary/aromatic N) is 1. The number of aromatic hydroxyl groups is 1. The first-order valence-electron chi connectivity index (χ1n) is 5.61. The number of pyridine rings is 1. The van der Waals surface area contributed by atoms with Gasteiger partial charge in [0.25, 0.3) is 0 Å². The maximum Gasteiger partial charge on any atom is 0.170 e. The smallest absolute Gasteiger partial charge is 0.170 e. The lowest BCUT2D eigenvalue weighted by atomic mass is 10.1. The molecule has 1 radical (unpaired) electrons. The standard InChI is InChI=1S/C15H8ClFNO/c16-11-7-10(8-12(17)15(11)19)14-6-5-9-3-1-2-4-13(9)18-14/h1-5,7-8,19H. The van der Waals surface area contributed by atoms with Gasteiger partial charge in [-0.05, 0) is 24.3 Å². The van der Waals surface area contributed by atoms with Gasteiger partial charge in [0.05, 0.1) is 16.2 Å². The van der Waals surface area contributed by atoms with Gasteiger partial charge in [0.15, 0.2) is 11.6 Å². The van der Waals surface area contributed by atoms with E-state index in [2.05, 4.69) is 11.1 Å². The minimum absolute atomic E-state index is 0.0432. The topological polar surface area (TPSA) is 33.1 Å². The van der Waals surface area contributed by atoms with Crippen molar-refractivity contribution in [2.45, 2.75) is 0 Å². The summed E-state index contributed by atoms with van der Waals surface area (Å²) in [5, 5.41) is 10.2. The highest BCUT2D eigenvalue weighted by atomic mass is 35.5. The Hall–Kier alpha value is -2.13. The van der Waals surface area contributed by atoms with E-state index in [1.165, 1.54) is 12.1 Å². The van der Waals surface area contributed by atoms with Crippen molar-refractivity contribution < 1.29 is 9.50 Å². The minimum atomic E-state index is -0.772. The van der Waals surface area contributed by atoms with Crippen LogP contribution >= 0.6 is 11.6 Å². The molecule has 0 amide bonds. The summed E-state index contributed by atoms with van der Waals surface area (Å²) in [5.74, 6) is -1.32. The van der Waals surface area contributed by atoms with Crippen molar-refractivity contribution in [1.29, 1.82) is 0 Å². The van der Waals surface area contributed by atoms with E-state index in [9.17, 15) is 9.50 Å². The lowest BCUT2D eigenvalue weighted by molar-refractivity contribution is 0.433. The minimum Gasteiger partial charge on any atom is -0.504 e. The molecule has 0 spiro atoms. The molecule has 4 heteroatoms. The number of phenolic OH excluding ortho intramolecular Hbond substituents is 1. The molecule has 0 saturated heterocycles. The van der Waals surface area contributed by atoms with Gasteiger partial charge in [-0.15, -0.1) is 0 Å². The van der Waals surface area contributed by atoms with Crippen LogP contribution in [-0.2, 0) is 0 Å². The molecule has 3 aromatic rings. The summed E-state index contributed by atoms with van der Waals surface area (Å²) in [5.41, 5.74) is 1.76. The van der Waals surface area contributed by atoms with Crippen molar-refractivity contribution in [3.8, 4) is 17.0 Å². The van der Waals surface area contributed by atoms with E-state index in [1.54, 1.807) is 6.07 Å². The number of halogens is 2. The summed E-state index contributed by atoms with van der Waals surface area (Å²) in [6.45, 7) is 0. The van der Waals surface area contributed by atoms with E-state index >= 15 is 0 Å². The fourth-order valence-electron chi connectivity index (χ4n) is 1.86. The molecule has 19 heavy (non-hydrogen) atoms. The summed E-state index contributed by atoms with van der Waals surface area (Å²) >= 11 is 5.76. The van der Waals surface area contributed by atoms with E-state index in [1.807, 2.05) is 24.3 Å². The Morgan fingerprint density at radius 1 is 1.21 bits per heavy atom. The molecule has 0 unspecified atom stereocenters. The average Bonchev–Trinajstić information content (AvgIpc) is 2.43. The largest absolute Gasteiger partial charge is 0.504 e. The van der Waals surface area contributed by atoms with Crippen LogP contribution in [0.1, 0.15) is 0 Å². The van der Waals surface area contributed by atoms with Gasteiger partial charge in [0.1, 0.15) is 0 Å². The van der Waals surface area contributed by atoms with E-state index in [-0.39, 0.29) is 5.02 Å². The zero-order chi connectivity index (χ0) is 13.4. The van der Waals surface area contributed by atoms with Gasteiger partial charge in [-0.3, -0.25) is 0 Å². The Morgan fingerprint density at radius 2 is 2.00 bits per heavy atom. The highest BCUT2D eigenvalue weighted by molar-refractivity contribution is 6.32. The SMILES string of the molecule is Oc1c(F)cc(-c2[c]cc3ccccc3n2)cc1Cl. The Labute approximate surface area is 114 Å². The van der Waals surface area contributed by atoms with Crippen LogP contribution in [-0.4, -0.2) is 10.1 Å². The van der Waals surface area contributed by atoms with Crippen LogP contribution in [0.2, 0.25) is 5.02 Å². The molecule has 93 valence electrons. The van der Waals surface area contributed by atoms with Crippen molar-refractivity contribution >= 4 is 22.5 Å². The molecule has 1 N–H and O–H groups in total. The zero-order valence-corrected chi connectivity index (χ0v) is 10.4. The molecule has 2 aromatic carbocycles. The summed E-state index contributed by atoms with van der Waals surface area (Å²) in [4.78, 5) is 4.39. The molecule has 0 aliphatic heterocycles. The van der Waals surface area contributed by atoms with E-state index < -0.39 is 11.6 Å². The van der Waals surface area contributed by atoms with Gasteiger partial charge < -0.3 is 5.11 Å². The maximum atomic E-state index is 13.5. The summed E-state index contributed by atoms with van der Waals surface area (Å²) in [6, 6.07) is 15.0. The van der Waals surface area contributed by atoms with Gasteiger partial charge in [-0.25, -0.2) is 9.37 Å². The molecule has 2 nitrogen and oxygen atoms in total. The highest BCUT2D eigenvalue weighted by Gasteiger charge is 2.10. The lowest BCUT2D eigenvalue weighted by Gasteiger charge is -2.05. The number of fused-ring (bicyclic) bond motifs is 1. The first kappa shape index (κ1) is 11.9. The van der Waals surface area contributed by atoms with E-state index in [0.29, 0.717) is 11.3 Å². The van der Waals surface area contributed by atoms with Gasteiger partial charge in [-0.2, -0.15) is 0 Å². The second kappa shape index (κ2) is 4.52. The van der Waals surface area contributed by atoms with Crippen molar-refractivity contribution in [1.82, 2.24) is 4.98 Å². The van der Waals surface area contributed by atoms with Gasteiger partial charge >= 0.3 is 0 Å². The van der Waals surface area contributed by atoms with Crippen LogP contribution in [0.15, 0.2) is 42.5 Å². The lowest BCUT2D eigenvalue weighted by Crippen LogP contribution is -1.88. The summed E-state index contributed by atoms with van der Waals surface area (Å²) < 4.78 is 13.5. The third kappa shape index (κ3) is 2.13. The van der Waals surface area contributed by atoms with Crippen molar-refractivity contribution in [2.75, 3.05) is 0 Å². The summed E-state index contributed by atoms with van der Waals surface area (Å²) in [6.07, 6.45) is 0. The van der Waals surface area contributed by atoms with Crippen molar-refractivity contribution in [2.24, 2.45) is 0 Å². The molecule has 0 fully saturated rings. The van der Waals surface area contributed by atoms with Gasteiger partial charge in [-0.1, -0.05) is 29.8 Å². The van der Waals surface area contributed by atoms with Crippen molar-refractivity contribution in [3.05, 3.63) is 59.4 Å². The molecule has 3 rings (SSSR count). The summed E-state index contributed by atoms with van der Waals surface area (Å²) in [7, 11) is 0. The van der Waals surface area contributed by atoms with E-state index in [0.717, 1.165) is 10.9 Å². The Balaban J connectivity index is 2.19. The third-order valence-electron chi connectivity index (χ3n) is 2.82. The molecule has 1 aromatic heterocycles. The molecule has 0 aliphatic carbocycles. The van der Waals surface area contributed by atoms with Crippen LogP contribution < -0.4 is 0 Å². The Morgan fingerprint density at radius 3 is 2.79 bits per heavy atom. The molecule has 0 saturated carbocycles. The molecule has 1 heterocycles. The predicted octanol–water partition coefficient (Wildman–Crippen LogP) is 4.20. The number of hydrogen-bond acceptors (Lipinski definition) is 2. The molecular formula is C15H8ClFNO. The average molecular weight is 273 g/mol. The number of benzene rings is 2. The Kier molecular flexibility index (Phi) is 2.84. The van der Waals surface area contributed by atoms with Gasteiger partial charge in [0, 0.05) is 17.0 Å².